The van der Waals surface area contributed by atoms with Gasteiger partial charge in [0.05, 0.1) is 0 Å². The molecule has 0 aromatic heterocycles. The van der Waals surface area contributed by atoms with Crippen molar-refractivity contribution in [2.45, 2.75) is 34.1 Å². The van der Waals surface area contributed by atoms with Gasteiger partial charge in [0.1, 0.15) is 0 Å². The second-order valence-electron chi connectivity index (χ2n) is 2.59. The van der Waals surface area contributed by atoms with Crippen LogP contribution in [0.4, 0.5) is 0 Å². The summed E-state index contributed by atoms with van der Waals surface area (Å²) >= 11 is 0. The van der Waals surface area contributed by atoms with Gasteiger partial charge in [-0.15, -0.1) is 0 Å². The molecule has 0 spiro atoms. The van der Waals surface area contributed by atoms with E-state index in [1.54, 1.807) is 0 Å². The minimum Gasteiger partial charge on any atom is -0.348 e. The molecule has 0 heterocycles. The summed E-state index contributed by atoms with van der Waals surface area (Å²) in [5, 5.41) is 0. The smallest absolute Gasteiger partial charge is 0 e. The Balaban J connectivity index is -0.000000180. The normalized spacial score (nSPS) is 8.67. The van der Waals surface area contributed by atoms with E-state index in [-0.39, 0.29) is 65.4 Å². The van der Waals surface area contributed by atoms with Crippen LogP contribution in [0, 0.1) is 11.8 Å². The van der Waals surface area contributed by atoms with Crippen LogP contribution in [0.3, 0.4) is 0 Å². The number of hydrogen-bond donors (Lipinski definition) is 0. The van der Waals surface area contributed by atoms with Gasteiger partial charge in [-0.25, -0.2) is 0 Å². The van der Waals surface area contributed by atoms with E-state index in [1.165, 1.54) is 18.3 Å². The van der Waals surface area contributed by atoms with E-state index < -0.39 is 0 Å². The predicted molar refractivity (Wildman–Crippen MR) is 33.8 cm³/mol. The zero-order valence-corrected chi connectivity index (χ0v) is 12.5. The molecule has 9 heavy (non-hydrogen) atoms. The molecule has 0 fully saturated rings. The largest absolute Gasteiger partial charge is 0.348 e. The molecule has 0 aromatic rings. The Morgan fingerprint density at radius 1 is 0.778 bits per heavy atom. The van der Waals surface area contributed by atoms with Gasteiger partial charge in [-0.3, -0.25) is 0 Å². The van der Waals surface area contributed by atoms with E-state index in [1.807, 2.05) is 0 Å². The van der Waals surface area contributed by atoms with Gasteiger partial charge in [0.2, 0.25) is 0 Å². The van der Waals surface area contributed by atoms with Crippen LogP contribution in [-0.2, 0) is 65.4 Å². The quantitative estimate of drug-likeness (QED) is 0.680. The van der Waals surface area contributed by atoms with Gasteiger partial charge in [-0.05, 0) is 0 Å². The molecule has 0 saturated carbocycles. The van der Waals surface area contributed by atoms with Crippen LogP contribution in [0.5, 0.6) is 0 Å². The Hall–Kier alpha value is 2.21. The topological polar surface area (TPSA) is 0 Å². The molecule has 0 atom stereocenters. The van der Waals surface area contributed by atoms with E-state index >= 15 is 0 Å². The fourth-order valence-corrected chi connectivity index (χ4v) is 0.707. The molecule has 0 aromatic carbocycles. The van der Waals surface area contributed by atoms with Gasteiger partial charge >= 0.3 is 0 Å². The van der Waals surface area contributed by atoms with Crippen LogP contribution in [0.25, 0.3) is 0 Å². The summed E-state index contributed by atoms with van der Waals surface area (Å²) in [5.41, 5.74) is 0. The summed E-state index contributed by atoms with van der Waals surface area (Å²) < 4.78 is 0. The van der Waals surface area contributed by atoms with Crippen molar-refractivity contribution in [2.24, 2.45) is 0 Å². The fraction of sp³-hybridized carbons (Fsp3) is 0.714. The van der Waals surface area contributed by atoms with Gasteiger partial charge < -0.3 is 18.3 Å². The van der Waals surface area contributed by atoms with Crippen LogP contribution in [0.1, 0.15) is 34.1 Å². The Bertz CT molecular complexity index is 36.2. The van der Waals surface area contributed by atoms with Gasteiger partial charge in [0, 0.05) is 65.4 Å². The van der Waals surface area contributed by atoms with Crippen molar-refractivity contribution in [1.82, 2.24) is 0 Å². The predicted octanol–water partition coefficient (Wildman–Crippen LogP) is 2.60. The third-order valence-electron chi connectivity index (χ3n) is 0.707. The second-order valence-corrected chi connectivity index (χ2v) is 2.59. The summed E-state index contributed by atoms with van der Waals surface area (Å²) in [6.45, 7) is 8.64. The van der Waals surface area contributed by atoms with Gasteiger partial charge in [-0.2, -0.15) is 27.7 Å². The van der Waals surface area contributed by atoms with Crippen molar-refractivity contribution in [3.63, 3.8) is 0 Å². The standard InChI is InChI=1S/C7H14.2Y/c1-6(2)5-7(3)4;;/h5H2,1-4H3;;/q-2;;. The molecule has 0 aliphatic carbocycles. The van der Waals surface area contributed by atoms with E-state index in [2.05, 4.69) is 27.7 Å². The SMILES string of the molecule is C[C-](C)C[C-](C)C.[Y].[Y]. The van der Waals surface area contributed by atoms with Crippen LogP contribution >= 0.6 is 0 Å². The molecule has 0 N–H and O–H groups in total. The van der Waals surface area contributed by atoms with Gasteiger partial charge in [0.25, 0.3) is 0 Å². The summed E-state index contributed by atoms with van der Waals surface area (Å²) in [5.74, 6) is 3.00. The number of rotatable bonds is 2. The van der Waals surface area contributed by atoms with Crippen LogP contribution in [0.15, 0.2) is 0 Å². The minimum atomic E-state index is 0. The maximum absolute atomic E-state index is 2.16. The van der Waals surface area contributed by atoms with Crippen molar-refractivity contribution in [2.75, 3.05) is 0 Å². The molecule has 0 rings (SSSR count). The molecular formula is C7H14Y2-2. The maximum atomic E-state index is 2.16. The second kappa shape index (κ2) is 10.2. The molecule has 2 heteroatoms. The fourth-order valence-electron chi connectivity index (χ4n) is 0.707. The zero-order chi connectivity index (χ0) is 5.86. The zero-order valence-electron chi connectivity index (χ0n) is 6.86. The van der Waals surface area contributed by atoms with Crippen molar-refractivity contribution < 1.29 is 65.4 Å². The Labute approximate surface area is 110 Å². The Morgan fingerprint density at radius 3 is 1.00 bits per heavy atom. The van der Waals surface area contributed by atoms with Gasteiger partial charge in [-0.1, -0.05) is 0 Å². The third-order valence-corrected chi connectivity index (χ3v) is 0.707. The minimum absolute atomic E-state index is 0. The van der Waals surface area contributed by atoms with E-state index in [9.17, 15) is 0 Å². The first kappa shape index (κ1) is 17.3. The van der Waals surface area contributed by atoms with Crippen molar-refractivity contribution in [3.8, 4) is 0 Å². The Kier molecular flexibility index (Phi) is 19.7. The summed E-state index contributed by atoms with van der Waals surface area (Å²) in [7, 11) is 0. The molecule has 0 unspecified atom stereocenters. The summed E-state index contributed by atoms with van der Waals surface area (Å²) in [4.78, 5) is 0. The average molecular weight is 276 g/mol. The molecule has 0 nitrogen and oxygen atoms in total. The van der Waals surface area contributed by atoms with Crippen LogP contribution in [-0.4, -0.2) is 0 Å². The number of hydrogen-bond acceptors (Lipinski definition) is 0. The molecule has 50 valence electrons. The van der Waals surface area contributed by atoms with Crippen molar-refractivity contribution in [3.05, 3.63) is 11.8 Å². The third kappa shape index (κ3) is 17.8. The Morgan fingerprint density at radius 2 is 1.00 bits per heavy atom. The van der Waals surface area contributed by atoms with Gasteiger partial charge in [0.15, 0.2) is 0 Å². The summed E-state index contributed by atoms with van der Waals surface area (Å²) in [6, 6.07) is 0. The maximum Gasteiger partial charge on any atom is 0 e. The first-order valence-corrected chi connectivity index (χ1v) is 2.71. The average Bonchev–Trinajstić information content (AvgIpc) is 1.27. The van der Waals surface area contributed by atoms with Crippen molar-refractivity contribution >= 4 is 0 Å². The van der Waals surface area contributed by atoms with Crippen LogP contribution in [0.2, 0.25) is 0 Å². The van der Waals surface area contributed by atoms with E-state index in [0.717, 1.165) is 0 Å². The van der Waals surface area contributed by atoms with Crippen molar-refractivity contribution in [1.29, 1.82) is 0 Å². The molecule has 0 aliphatic rings. The first-order chi connectivity index (χ1) is 3.13. The molecule has 0 amide bonds. The van der Waals surface area contributed by atoms with E-state index in [0.29, 0.717) is 0 Å². The van der Waals surface area contributed by atoms with E-state index in [4.69, 9.17) is 0 Å². The molecule has 0 saturated heterocycles. The molecular weight excluding hydrogens is 262 g/mol. The molecule has 0 bridgehead atoms. The molecule has 0 aliphatic heterocycles. The monoisotopic (exact) mass is 276 g/mol. The first-order valence-electron chi connectivity index (χ1n) is 2.71. The van der Waals surface area contributed by atoms with Crippen LogP contribution < -0.4 is 0 Å². The summed E-state index contributed by atoms with van der Waals surface area (Å²) in [6.07, 6.45) is 1.19. The molecule has 2 radical (unpaired) electrons.